The van der Waals surface area contributed by atoms with Crippen LogP contribution in [0.15, 0.2) is 41.0 Å². The second-order valence-corrected chi connectivity index (χ2v) is 8.55. The minimum absolute atomic E-state index is 0.183. The van der Waals surface area contributed by atoms with Crippen LogP contribution in [0.2, 0.25) is 0 Å². The number of carbonyl (C=O) groups is 1. The summed E-state index contributed by atoms with van der Waals surface area (Å²) in [6.45, 7) is 7.61. The quantitative estimate of drug-likeness (QED) is 0.495. The van der Waals surface area contributed by atoms with E-state index in [0.29, 0.717) is 5.75 Å². The lowest BCUT2D eigenvalue weighted by Crippen LogP contribution is -2.49. The summed E-state index contributed by atoms with van der Waals surface area (Å²) in [7, 11) is 0. The first-order valence-electron chi connectivity index (χ1n) is 9.03. The number of aryl methyl sites for hydroxylation is 1. The van der Waals surface area contributed by atoms with Crippen molar-refractivity contribution >= 4 is 44.9 Å². The van der Waals surface area contributed by atoms with Crippen LogP contribution >= 0.6 is 23.1 Å². The number of rotatable bonds is 4. The fraction of sp³-hybridized carbons (Fsp3) is 0.350. The van der Waals surface area contributed by atoms with E-state index in [-0.39, 0.29) is 5.91 Å². The van der Waals surface area contributed by atoms with Gasteiger partial charge in [-0.25, -0.2) is 9.97 Å². The van der Waals surface area contributed by atoms with Crippen molar-refractivity contribution < 1.29 is 4.79 Å². The van der Waals surface area contributed by atoms with Crippen LogP contribution in [-0.4, -0.2) is 52.7 Å². The maximum absolute atomic E-state index is 12.7. The van der Waals surface area contributed by atoms with Crippen LogP contribution < -0.4 is 4.90 Å². The smallest absolute Gasteiger partial charge is 0.233 e. The zero-order valence-corrected chi connectivity index (χ0v) is 17.1. The van der Waals surface area contributed by atoms with E-state index in [2.05, 4.69) is 46.9 Å². The summed E-state index contributed by atoms with van der Waals surface area (Å²) in [5, 5.41) is 3.95. The molecule has 2 aromatic heterocycles. The molecule has 1 aliphatic heterocycles. The van der Waals surface area contributed by atoms with Crippen molar-refractivity contribution in [2.45, 2.75) is 18.9 Å². The van der Waals surface area contributed by atoms with E-state index in [1.165, 1.54) is 28.6 Å². The molecule has 0 bridgehead atoms. The average molecular weight is 399 g/mol. The lowest BCUT2D eigenvalue weighted by molar-refractivity contribution is -0.128. The monoisotopic (exact) mass is 398 g/mol. The van der Waals surface area contributed by atoms with E-state index < -0.39 is 0 Å². The normalized spacial score (nSPS) is 14.7. The lowest BCUT2D eigenvalue weighted by Gasteiger charge is -2.37. The molecule has 1 aliphatic rings. The Kier molecular flexibility index (Phi) is 5.31. The number of aromatic nitrogens is 2. The van der Waals surface area contributed by atoms with Crippen molar-refractivity contribution in [2.75, 3.05) is 36.8 Å². The number of hydrogen-bond donors (Lipinski definition) is 0. The summed E-state index contributed by atoms with van der Waals surface area (Å²) in [5.74, 6) is 0.605. The largest absolute Gasteiger partial charge is 0.368 e. The molecule has 27 heavy (non-hydrogen) atoms. The van der Waals surface area contributed by atoms with Gasteiger partial charge < -0.3 is 9.80 Å². The molecule has 0 atom stereocenters. The van der Waals surface area contributed by atoms with Gasteiger partial charge in [0.2, 0.25) is 5.91 Å². The molecule has 1 saturated heterocycles. The predicted molar refractivity (Wildman–Crippen MR) is 113 cm³/mol. The summed E-state index contributed by atoms with van der Waals surface area (Å²) in [5.41, 5.74) is 3.93. The van der Waals surface area contributed by atoms with E-state index in [9.17, 15) is 4.79 Å². The van der Waals surface area contributed by atoms with Crippen LogP contribution in [0.1, 0.15) is 11.1 Å². The Hall–Kier alpha value is -2.12. The predicted octanol–water partition coefficient (Wildman–Crippen LogP) is 3.75. The first kappa shape index (κ1) is 18.3. The number of anilines is 1. The molecule has 0 spiro atoms. The van der Waals surface area contributed by atoms with E-state index in [4.69, 9.17) is 0 Å². The van der Waals surface area contributed by atoms with Gasteiger partial charge in [0.15, 0.2) is 0 Å². The number of hydrogen-bond acceptors (Lipinski definition) is 6. The molecule has 0 unspecified atom stereocenters. The van der Waals surface area contributed by atoms with Gasteiger partial charge in [-0.15, -0.1) is 11.3 Å². The fourth-order valence-corrected chi connectivity index (χ4v) is 5.06. The summed E-state index contributed by atoms with van der Waals surface area (Å²) in [6.07, 6.45) is 1.58. The van der Waals surface area contributed by atoms with E-state index >= 15 is 0 Å². The number of fused-ring (bicyclic) bond motifs is 1. The lowest BCUT2D eigenvalue weighted by atomic mass is 10.1. The highest BCUT2D eigenvalue weighted by atomic mass is 32.2. The molecule has 5 nitrogen and oxygen atoms in total. The molecule has 7 heteroatoms. The third kappa shape index (κ3) is 3.80. The Bertz CT molecular complexity index is 964. The van der Waals surface area contributed by atoms with Crippen LogP contribution in [0.3, 0.4) is 0 Å². The second-order valence-electron chi connectivity index (χ2n) is 6.69. The molecule has 0 N–H and O–H groups in total. The Morgan fingerprint density at radius 2 is 1.96 bits per heavy atom. The van der Waals surface area contributed by atoms with Gasteiger partial charge in [-0.3, -0.25) is 4.79 Å². The SMILES string of the molecule is Cc1cccc(N2CCN(C(=O)CSc3ncnc4sccc34)CC2)c1C. The Morgan fingerprint density at radius 1 is 1.15 bits per heavy atom. The highest BCUT2D eigenvalue weighted by Gasteiger charge is 2.22. The molecular formula is C20H22N4OS2. The van der Waals surface area contributed by atoms with Crippen LogP contribution in [0, 0.1) is 13.8 Å². The summed E-state index contributed by atoms with van der Waals surface area (Å²) >= 11 is 3.11. The molecule has 3 aromatic rings. The molecule has 1 fully saturated rings. The van der Waals surface area contributed by atoms with Gasteiger partial charge in [0.1, 0.15) is 16.2 Å². The van der Waals surface area contributed by atoms with E-state index in [1.54, 1.807) is 17.7 Å². The van der Waals surface area contributed by atoms with Crippen molar-refractivity contribution in [1.82, 2.24) is 14.9 Å². The minimum atomic E-state index is 0.183. The zero-order valence-electron chi connectivity index (χ0n) is 15.5. The third-order valence-corrected chi connectivity index (χ3v) is 6.92. The number of thiophene rings is 1. The molecule has 0 aliphatic carbocycles. The van der Waals surface area contributed by atoms with Gasteiger partial charge in [0.05, 0.1) is 5.75 Å². The summed E-state index contributed by atoms with van der Waals surface area (Å²) < 4.78 is 0. The van der Waals surface area contributed by atoms with E-state index in [1.807, 2.05) is 16.3 Å². The van der Waals surface area contributed by atoms with Gasteiger partial charge in [-0.05, 0) is 42.5 Å². The number of benzene rings is 1. The number of amides is 1. The summed E-state index contributed by atoms with van der Waals surface area (Å²) in [6, 6.07) is 8.46. The van der Waals surface area contributed by atoms with E-state index in [0.717, 1.165) is 41.4 Å². The average Bonchev–Trinajstić information content (AvgIpc) is 3.18. The number of nitrogens with zero attached hydrogens (tertiary/aromatic N) is 4. The Morgan fingerprint density at radius 3 is 2.78 bits per heavy atom. The second kappa shape index (κ2) is 7.86. The number of piperazine rings is 1. The standard InChI is InChI=1S/C20H22N4OS2/c1-14-4-3-5-17(15(14)2)23-7-9-24(10-8-23)18(25)12-27-20-16-6-11-26-19(16)21-13-22-20/h3-6,11,13H,7-10,12H2,1-2H3. The molecule has 1 amide bonds. The minimum Gasteiger partial charge on any atom is -0.368 e. The van der Waals surface area contributed by atoms with Crippen molar-refractivity contribution in [1.29, 1.82) is 0 Å². The highest BCUT2D eigenvalue weighted by molar-refractivity contribution is 8.00. The maximum Gasteiger partial charge on any atom is 0.233 e. The van der Waals surface area contributed by atoms with Gasteiger partial charge in [0, 0.05) is 37.3 Å². The van der Waals surface area contributed by atoms with Crippen molar-refractivity contribution in [3.05, 3.63) is 47.1 Å². The Balaban J connectivity index is 1.35. The molecule has 140 valence electrons. The molecule has 4 rings (SSSR count). The highest BCUT2D eigenvalue weighted by Crippen LogP contribution is 2.28. The van der Waals surface area contributed by atoms with Crippen molar-refractivity contribution in [3.8, 4) is 0 Å². The molecule has 0 saturated carbocycles. The van der Waals surface area contributed by atoms with Crippen LogP contribution in [-0.2, 0) is 4.79 Å². The first-order chi connectivity index (χ1) is 13.1. The molecular weight excluding hydrogens is 376 g/mol. The molecule has 1 aromatic carbocycles. The number of carbonyl (C=O) groups excluding carboxylic acids is 1. The van der Waals surface area contributed by atoms with Crippen molar-refractivity contribution in [2.24, 2.45) is 0 Å². The number of thioether (sulfide) groups is 1. The summed E-state index contributed by atoms with van der Waals surface area (Å²) in [4.78, 5) is 26.6. The molecule has 3 heterocycles. The Labute approximate surface area is 167 Å². The van der Waals surface area contributed by atoms with Crippen LogP contribution in [0.4, 0.5) is 5.69 Å². The van der Waals surface area contributed by atoms with Gasteiger partial charge in [-0.2, -0.15) is 0 Å². The van der Waals surface area contributed by atoms with Gasteiger partial charge in [-0.1, -0.05) is 23.9 Å². The first-order valence-corrected chi connectivity index (χ1v) is 10.9. The maximum atomic E-state index is 12.7. The van der Waals surface area contributed by atoms with Crippen molar-refractivity contribution in [3.63, 3.8) is 0 Å². The third-order valence-electron chi connectivity index (χ3n) is 5.11. The van der Waals surface area contributed by atoms with Crippen LogP contribution in [0.25, 0.3) is 10.2 Å². The fourth-order valence-electron chi connectivity index (χ4n) is 3.38. The topological polar surface area (TPSA) is 49.3 Å². The van der Waals surface area contributed by atoms with Gasteiger partial charge in [0.25, 0.3) is 0 Å². The zero-order chi connectivity index (χ0) is 18.8. The molecule has 0 radical (unpaired) electrons. The van der Waals surface area contributed by atoms with Crippen LogP contribution in [0.5, 0.6) is 0 Å². The van der Waals surface area contributed by atoms with Gasteiger partial charge >= 0.3 is 0 Å².